The number of hydrogen-bond acceptors (Lipinski definition) is 5. The standard InChI is InChI=1S/C14H10ClFN4O2/c1-8-4-5-17-14-18-12(19-20(8)14)13(21)22-7-9-2-3-10(16)6-11(9)15/h2-6H,7H2,1H3. The molecule has 0 amide bonds. The number of esters is 1. The van der Waals surface area contributed by atoms with E-state index >= 15 is 0 Å². The first-order valence-electron chi connectivity index (χ1n) is 6.34. The normalized spacial score (nSPS) is 10.9. The molecule has 0 aliphatic carbocycles. The molecule has 0 spiro atoms. The summed E-state index contributed by atoms with van der Waals surface area (Å²) in [5, 5.41) is 4.22. The Hall–Kier alpha value is -2.54. The highest BCUT2D eigenvalue weighted by Gasteiger charge is 2.16. The van der Waals surface area contributed by atoms with Crippen molar-refractivity contribution in [3.05, 3.63) is 58.4 Å². The van der Waals surface area contributed by atoms with Crippen LogP contribution >= 0.6 is 11.6 Å². The molecular weight excluding hydrogens is 311 g/mol. The third kappa shape index (κ3) is 2.75. The number of aromatic nitrogens is 4. The molecule has 0 bridgehead atoms. The molecule has 0 aliphatic rings. The number of carbonyl (C=O) groups is 1. The summed E-state index contributed by atoms with van der Waals surface area (Å²) in [7, 11) is 0. The molecule has 0 fully saturated rings. The van der Waals surface area contributed by atoms with Crippen LogP contribution in [-0.2, 0) is 11.3 Å². The Bertz CT molecular complexity index is 865. The maximum absolute atomic E-state index is 12.9. The summed E-state index contributed by atoms with van der Waals surface area (Å²) < 4.78 is 19.5. The van der Waals surface area contributed by atoms with Gasteiger partial charge in [0.05, 0.1) is 5.02 Å². The summed E-state index contributed by atoms with van der Waals surface area (Å²) in [5.74, 6) is -0.944. The van der Waals surface area contributed by atoms with Crippen LogP contribution in [0, 0.1) is 12.7 Å². The van der Waals surface area contributed by atoms with Crippen LogP contribution in [-0.4, -0.2) is 25.6 Å². The lowest BCUT2D eigenvalue weighted by Gasteiger charge is -2.04. The van der Waals surface area contributed by atoms with E-state index in [9.17, 15) is 9.18 Å². The first kappa shape index (κ1) is 14.4. The van der Waals surface area contributed by atoms with Crippen LogP contribution in [0.25, 0.3) is 5.78 Å². The molecule has 0 aliphatic heterocycles. The molecule has 0 saturated carbocycles. The predicted molar refractivity (Wildman–Crippen MR) is 76.0 cm³/mol. The third-order valence-electron chi connectivity index (χ3n) is 2.99. The smallest absolute Gasteiger partial charge is 0.378 e. The van der Waals surface area contributed by atoms with Crippen LogP contribution < -0.4 is 0 Å². The topological polar surface area (TPSA) is 69.4 Å². The number of nitrogens with zero attached hydrogens (tertiary/aromatic N) is 4. The number of hydrogen-bond donors (Lipinski definition) is 0. The maximum Gasteiger partial charge on any atom is 0.378 e. The molecule has 3 rings (SSSR count). The molecule has 1 aromatic carbocycles. The van der Waals surface area contributed by atoms with Crippen molar-refractivity contribution in [3.8, 4) is 0 Å². The van der Waals surface area contributed by atoms with Crippen LogP contribution in [0.4, 0.5) is 4.39 Å². The van der Waals surface area contributed by atoms with E-state index in [1.807, 2.05) is 6.92 Å². The number of rotatable bonds is 3. The second kappa shape index (κ2) is 5.69. The van der Waals surface area contributed by atoms with Gasteiger partial charge in [0.2, 0.25) is 0 Å². The first-order valence-corrected chi connectivity index (χ1v) is 6.72. The van der Waals surface area contributed by atoms with E-state index in [1.54, 1.807) is 12.3 Å². The van der Waals surface area contributed by atoms with Crippen LogP contribution in [0.2, 0.25) is 5.02 Å². The van der Waals surface area contributed by atoms with E-state index in [1.165, 1.54) is 16.6 Å². The van der Waals surface area contributed by atoms with E-state index in [0.29, 0.717) is 11.3 Å². The summed E-state index contributed by atoms with van der Waals surface area (Å²) in [6.07, 6.45) is 1.58. The second-order valence-electron chi connectivity index (χ2n) is 4.55. The molecule has 0 radical (unpaired) electrons. The van der Waals surface area contributed by atoms with Crippen molar-refractivity contribution in [2.75, 3.05) is 0 Å². The van der Waals surface area contributed by atoms with Gasteiger partial charge in [-0.25, -0.2) is 18.7 Å². The molecule has 6 nitrogen and oxygen atoms in total. The lowest BCUT2D eigenvalue weighted by molar-refractivity contribution is 0.0458. The molecule has 3 aromatic rings. The Balaban J connectivity index is 1.77. The van der Waals surface area contributed by atoms with Gasteiger partial charge in [0.25, 0.3) is 11.6 Å². The molecule has 2 heterocycles. The molecular formula is C14H10ClFN4O2. The highest BCUT2D eigenvalue weighted by atomic mass is 35.5. The number of fused-ring (bicyclic) bond motifs is 1. The zero-order valence-electron chi connectivity index (χ0n) is 11.5. The zero-order valence-corrected chi connectivity index (χ0v) is 12.2. The fourth-order valence-corrected chi connectivity index (χ4v) is 2.06. The average Bonchev–Trinajstić information content (AvgIpc) is 2.92. The molecule has 0 saturated heterocycles. The lowest BCUT2D eigenvalue weighted by atomic mass is 10.2. The minimum absolute atomic E-state index is 0.0972. The second-order valence-corrected chi connectivity index (χ2v) is 4.95. The van der Waals surface area contributed by atoms with E-state index in [-0.39, 0.29) is 17.5 Å². The van der Waals surface area contributed by atoms with Gasteiger partial charge in [-0.15, -0.1) is 5.10 Å². The summed E-state index contributed by atoms with van der Waals surface area (Å²) >= 11 is 5.87. The van der Waals surface area contributed by atoms with Gasteiger partial charge in [-0.2, -0.15) is 4.98 Å². The summed E-state index contributed by atoms with van der Waals surface area (Å²) in [4.78, 5) is 20.0. The lowest BCUT2D eigenvalue weighted by Crippen LogP contribution is -2.08. The van der Waals surface area contributed by atoms with Crippen LogP contribution in [0.15, 0.2) is 30.5 Å². The zero-order chi connectivity index (χ0) is 15.7. The van der Waals surface area contributed by atoms with Crippen LogP contribution in [0.1, 0.15) is 21.9 Å². The van der Waals surface area contributed by atoms with Crippen molar-refractivity contribution in [1.82, 2.24) is 19.6 Å². The van der Waals surface area contributed by atoms with Gasteiger partial charge in [0, 0.05) is 17.5 Å². The van der Waals surface area contributed by atoms with Gasteiger partial charge in [-0.05, 0) is 25.1 Å². The highest BCUT2D eigenvalue weighted by molar-refractivity contribution is 6.31. The van der Waals surface area contributed by atoms with Gasteiger partial charge < -0.3 is 4.74 Å². The number of ether oxygens (including phenoxy) is 1. The van der Waals surface area contributed by atoms with Crippen molar-refractivity contribution >= 4 is 23.3 Å². The van der Waals surface area contributed by atoms with E-state index in [4.69, 9.17) is 16.3 Å². The van der Waals surface area contributed by atoms with Crippen molar-refractivity contribution in [2.45, 2.75) is 13.5 Å². The quantitative estimate of drug-likeness (QED) is 0.694. The Morgan fingerprint density at radius 1 is 1.41 bits per heavy atom. The number of aryl methyl sites for hydroxylation is 1. The largest absolute Gasteiger partial charge is 0.455 e. The summed E-state index contributed by atoms with van der Waals surface area (Å²) in [6, 6.07) is 5.59. The van der Waals surface area contributed by atoms with Gasteiger partial charge in [-0.1, -0.05) is 17.7 Å². The van der Waals surface area contributed by atoms with Gasteiger partial charge in [0.1, 0.15) is 12.4 Å². The molecule has 22 heavy (non-hydrogen) atoms. The Kier molecular flexibility index (Phi) is 3.72. The number of benzene rings is 1. The predicted octanol–water partition coefficient (Wildman–Crippen LogP) is 2.58. The maximum atomic E-state index is 12.9. The van der Waals surface area contributed by atoms with Gasteiger partial charge >= 0.3 is 5.97 Å². The Morgan fingerprint density at radius 3 is 2.95 bits per heavy atom. The van der Waals surface area contributed by atoms with E-state index in [0.717, 1.165) is 11.8 Å². The van der Waals surface area contributed by atoms with Crippen molar-refractivity contribution in [2.24, 2.45) is 0 Å². The minimum Gasteiger partial charge on any atom is -0.455 e. The van der Waals surface area contributed by atoms with Crippen molar-refractivity contribution < 1.29 is 13.9 Å². The molecule has 0 unspecified atom stereocenters. The van der Waals surface area contributed by atoms with E-state index < -0.39 is 11.8 Å². The minimum atomic E-state index is -0.703. The van der Waals surface area contributed by atoms with Crippen LogP contribution in [0.5, 0.6) is 0 Å². The highest BCUT2D eigenvalue weighted by Crippen LogP contribution is 2.18. The molecule has 0 N–H and O–H groups in total. The first-order chi connectivity index (χ1) is 10.5. The Morgan fingerprint density at radius 2 is 2.23 bits per heavy atom. The van der Waals surface area contributed by atoms with E-state index in [2.05, 4.69) is 15.1 Å². The Labute approximate surface area is 129 Å². The fraction of sp³-hybridized carbons (Fsp3) is 0.143. The summed E-state index contributed by atoms with van der Waals surface area (Å²) in [6.45, 7) is 1.72. The van der Waals surface area contributed by atoms with Gasteiger partial charge in [0.15, 0.2) is 0 Å². The average molecular weight is 321 g/mol. The summed E-state index contributed by atoms with van der Waals surface area (Å²) in [5.41, 5.74) is 1.28. The van der Waals surface area contributed by atoms with Crippen molar-refractivity contribution in [1.29, 1.82) is 0 Å². The third-order valence-corrected chi connectivity index (χ3v) is 3.34. The molecule has 2 aromatic heterocycles. The number of halogens is 2. The SMILES string of the molecule is Cc1ccnc2nc(C(=O)OCc3ccc(F)cc3Cl)nn12. The number of carbonyl (C=O) groups excluding carboxylic acids is 1. The monoisotopic (exact) mass is 320 g/mol. The molecule has 0 atom stereocenters. The molecule has 112 valence electrons. The fourth-order valence-electron chi connectivity index (χ4n) is 1.84. The van der Waals surface area contributed by atoms with Crippen molar-refractivity contribution in [3.63, 3.8) is 0 Å². The van der Waals surface area contributed by atoms with Gasteiger partial charge in [-0.3, -0.25) is 0 Å². The molecule has 8 heteroatoms. The van der Waals surface area contributed by atoms with Crippen LogP contribution in [0.3, 0.4) is 0 Å².